The van der Waals surface area contributed by atoms with Crippen molar-refractivity contribution >= 4 is 54.8 Å². The summed E-state index contributed by atoms with van der Waals surface area (Å²) in [4.78, 5) is 4.79. The third-order valence-electron chi connectivity index (χ3n) is 7.54. The zero-order valence-corrected chi connectivity index (χ0v) is 20.5. The Bertz CT molecular complexity index is 2130. The SMILES string of the molecule is CC(C)c1ccc2c(c1)c1ccccc1n2-c1ccc2c(c1)ncn2-c1coc2cc3ccoc3cc12. The van der Waals surface area contributed by atoms with E-state index in [1.807, 2.05) is 24.5 Å². The molecule has 0 fully saturated rings. The summed E-state index contributed by atoms with van der Waals surface area (Å²) in [5.74, 6) is 0.481. The zero-order chi connectivity index (χ0) is 24.7. The molecule has 0 N–H and O–H groups in total. The molecular formula is C32H23N3O2. The summed E-state index contributed by atoms with van der Waals surface area (Å²) in [6.45, 7) is 4.48. The molecule has 0 saturated heterocycles. The van der Waals surface area contributed by atoms with Crippen molar-refractivity contribution in [3.63, 3.8) is 0 Å². The first-order valence-corrected chi connectivity index (χ1v) is 12.5. The number of nitrogens with zero attached hydrogens (tertiary/aromatic N) is 3. The van der Waals surface area contributed by atoms with Gasteiger partial charge in [-0.2, -0.15) is 0 Å². The lowest BCUT2D eigenvalue weighted by atomic mass is 10.0. The minimum Gasteiger partial charge on any atom is -0.464 e. The van der Waals surface area contributed by atoms with Crippen molar-refractivity contribution < 1.29 is 8.83 Å². The smallest absolute Gasteiger partial charge is 0.136 e. The highest BCUT2D eigenvalue weighted by molar-refractivity contribution is 6.09. The van der Waals surface area contributed by atoms with Crippen LogP contribution in [0.1, 0.15) is 25.3 Å². The van der Waals surface area contributed by atoms with E-state index in [1.165, 1.54) is 27.4 Å². The number of hydrogen-bond acceptors (Lipinski definition) is 3. The monoisotopic (exact) mass is 481 g/mol. The van der Waals surface area contributed by atoms with Crippen LogP contribution in [0.25, 0.3) is 66.2 Å². The summed E-state index contributed by atoms with van der Waals surface area (Å²) in [7, 11) is 0. The van der Waals surface area contributed by atoms with E-state index in [1.54, 1.807) is 12.5 Å². The van der Waals surface area contributed by atoms with E-state index in [0.29, 0.717) is 5.92 Å². The second-order valence-corrected chi connectivity index (χ2v) is 10.00. The van der Waals surface area contributed by atoms with Gasteiger partial charge in [0.1, 0.15) is 23.8 Å². The summed E-state index contributed by atoms with van der Waals surface area (Å²) in [5, 5.41) is 4.57. The van der Waals surface area contributed by atoms with Gasteiger partial charge in [-0.3, -0.25) is 4.57 Å². The Morgan fingerprint density at radius 3 is 2.51 bits per heavy atom. The third kappa shape index (κ3) is 2.88. The number of para-hydroxylation sites is 1. The van der Waals surface area contributed by atoms with Crippen LogP contribution in [0.4, 0.5) is 0 Å². The summed E-state index contributed by atoms with van der Waals surface area (Å²) in [6, 6.07) is 28.0. The molecule has 4 aromatic heterocycles. The number of furan rings is 2. The topological polar surface area (TPSA) is 49.0 Å². The molecule has 0 radical (unpaired) electrons. The normalized spacial score (nSPS) is 12.3. The zero-order valence-electron chi connectivity index (χ0n) is 20.5. The van der Waals surface area contributed by atoms with Crippen molar-refractivity contribution in [2.24, 2.45) is 0 Å². The molecule has 4 aromatic carbocycles. The van der Waals surface area contributed by atoms with Crippen LogP contribution in [0.15, 0.2) is 107 Å². The van der Waals surface area contributed by atoms with Gasteiger partial charge in [-0.15, -0.1) is 0 Å². The largest absolute Gasteiger partial charge is 0.464 e. The van der Waals surface area contributed by atoms with Crippen LogP contribution >= 0.6 is 0 Å². The first-order valence-electron chi connectivity index (χ1n) is 12.5. The van der Waals surface area contributed by atoms with Crippen LogP contribution in [0.5, 0.6) is 0 Å². The molecule has 5 nitrogen and oxygen atoms in total. The number of imidazole rings is 1. The molecule has 8 aromatic rings. The van der Waals surface area contributed by atoms with Gasteiger partial charge in [-0.25, -0.2) is 4.98 Å². The molecule has 0 spiro atoms. The summed E-state index contributed by atoms with van der Waals surface area (Å²) >= 11 is 0. The van der Waals surface area contributed by atoms with Crippen molar-refractivity contribution in [2.45, 2.75) is 19.8 Å². The molecule has 0 atom stereocenters. The summed E-state index contributed by atoms with van der Waals surface area (Å²) in [5.41, 5.74) is 9.40. The average molecular weight is 482 g/mol. The van der Waals surface area contributed by atoms with E-state index in [-0.39, 0.29) is 0 Å². The maximum atomic E-state index is 5.91. The second kappa shape index (κ2) is 7.37. The Hall–Kier alpha value is -4.77. The van der Waals surface area contributed by atoms with E-state index in [9.17, 15) is 0 Å². The van der Waals surface area contributed by atoms with Crippen molar-refractivity contribution in [2.75, 3.05) is 0 Å². The van der Waals surface area contributed by atoms with E-state index >= 15 is 0 Å². The van der Waals surface area contributed by atoms with Gasteiger partial charge in [-0.1, -0.05) is 38.1 Å². The Morgan fingerprint density at radius 2 is 1.59 bits per heavy atom. The van der Waals surface area contributed by atoms with E-state index in [2.05, 4.69) is 83.6 Å². The highest BCUT2D eigenvalue weighted by atomic mass is 16.3. The molecule has 0 aliphatic carbocycles. The number of benzene rings is 4. The van der Waals surface area contributed by atoms with Gasteiger partial charge in [-0.05, 0) is 66.1 Å². The molecular weight excluding hydrogens is 458 g/mol. The fourth-order valence-corrected chi connectivity index (χ4v) is 5.62. The highest BCUT2D eigenvalue weighted by Gasteiger charge is 2.16. The van der Waals surface area contributed by atoms with Gasteiger partial charge in [0.25, 0.3) is 0 Å². The minimum atomic E-state index is 0.481. The Labute approximate surface area is 212 Å². The first-order chi connectivity index (χ1) is 18.2. The summed E-state index contributed by atoms with van der Waals surface area (Å²) in [6.07, 6.45) is 5.36. The van der Waals surface area contributed by atoms with Crippen LogP contribution in [0, 0.1) is 0 Å². The van der Waals surface area contributed by atoms with Gasteiger partial charge >= 0.3 is 0 Å². The van der Waals surface area contributed by atoms with Gasteiger partial charge in [0.05, 0.1) is 34.0 Å². The average Bonchev–Trinajstić information content (AvgIpc) is 3.70. The van der Waals surface area contributed by atoms with Crippen molar-refractivity contribution in [1.29, 1.82) is 0 Å². The number of fused-ring (bicyclic) bond motifs is 6. The molecule has 0 bridgehead atoms. The number of aromatic nitrogens is 3. The molecule has 37 heavy (non-hydrogen) atoms. The Morgan fingerprint density at radius 1 is 0.730 bits per heavy atom. The first kappa shape index (κ1) is 20.4. The predicted molar refractivity (Wildman–Crippen MR) is 149 cm³/mol. The van der Waals surface area contributed by atoms with Crippen LogP contribution in [-0.4, -0.2) is 14.1 Å². The molecule has 0 aliphatic heterocycles. The second-order valence-electron chi connectivity index (χ2n) is 10.00. The van der Waals surface area contributed by atoms with Gasteiger partial charge in [0, 0.05) is 27.2 Å². The Balaban J connectivity index is 1.32. The fourth-order valence-electron chi connectivity index (χ4n) is 5.62. The standard InChI is InChI=1S/C32H23N3O2/c1-19(2)20-7-9-28-24(13-20)23-5-3-4-6-27(23)35(28)22-8-10-29-26(15-22)33-18-34(29)30-17-37-32-14-21-11-12-36-31(21)16-25(30)32/h3-19H,1-2H3. The fraction of sp³-hybridized carbons (Fsp3) is 0.0938. The van der Waals surface area contributed by atoms with Gasteiger partial charge in [0.2, 0.25) is 0 Å². The summed E-state index contributed by atoms with van der Waals surface area (Å²) < 4.78 is 16.0. The van der Waals surface area contributed by atoms with Crippen molar-refractivity contribution in [3.8, 4) is 11.4 Å². The van der Waals surface area contributed by atoms with Crippen LogP contribution < -0.4 is 0 Å². The van der Waals surface area contributed by atoms with Gasteiger partial charge < -0.3 is 13.4 Å². The van der Waals surface area contributed by atoms with E-state index in [0.717, 1.165) is 44.3 Å². The molecule has 0 amide bonds. The van der Waals surface area contributed by atoms with Crippen LogP contribution in [0.3, 0.4) is 0 Å². The van der Waals surface area contributed by atoms with E-state index in [4.69, 9.17) is 13.8 Å². The Kier molecular flexibility index (Phi) is 4.07. The van der Waals surface area contributed by atoms with Gasteiger partial charge in [0.15, 0.2) is 0 Å². The van der Waals surface area contributed by atoms with Crippen LogP contribution in [-0.2, 0) is 0 Å². The molecule has 4 heterocycles. The van der Waals surface area contributed by atoms with Crippen LogP contribution in [0.2, 0.25) is 0 Å². The molecule has 8 rings (SSSR count). The van der Waals surface area contributed by atoms with Crippen molar-refractivity contribution in [1.82, 2.24) is 14.1 Å². The van der Waals surface area contributed by atoms with E-state index < -0.39 is 0 Å². The molecule has 178 valence electrons. The quantitative estimate of drug-likeness (QED) is 0.253. The highest BCUT2D eigenvalue weighted by Crippen LogP contribution is 2.36. The lowest BCUT2D eigenvalue weighted by Crippen LogP contribution is -1.95. The number of hydrogen-bond donors (Lipinski definition) is 0. The molecule has 0 aliphatic rings. The third-order valence-corrected chi connectivity index (χ3v) is 7.54. The number of rotatable bonds is 3. The maximum Gasteiger partial charge on any atom is 0.136 e. The molecule has 5 heteroatoms. The minimum absolute atomic E-state index is 0.481. The lowest BCUT2D eigenvalue weighted by Gasteiger charge is -2.10. The maximum absolute atomic E-state index is 5.91. The van der Waals surface area contributed by atoms with Crippen molar-refractivity contribution in [3.05, 3.63) is 103 Å². The molecule has 0 saturated carbocycles. The predicted octanol–water partition coefficient (Wildman–Crippen LogP) is 8.74. The molecule has 0 unspecified atom stereocenters. The lowest BCUT2D eigenvalue weighted by molar-refractivity contribution is 0.611.